The predicted octanol–water partition coefficient (Wildman–Crippen LogP) is 5.06. The fourth-order valence-electron chi connectivity index (χ4n) is 1.85. The molecule has 1 nitrogen and oxygen atoms in total. The molecule has 0 saturated carbocycles. The Morgan fingerprint density at radius 1 is 1.00 bits per heavy atom. The van der Waals surface area contributed by atoms with Crippen LogP contribution in [0.3, 0.4) is 0 Å². The number of aliphatic hydroxyl groups excluding tert-OH is 1. The van der Waals surface area contributed by atoms with Crippen molar-refractivity contribution >= 4 is 34.8 Å². The zero-order valence-electron chi connectivity index (χ0n) is 9.71. The largest absolute Gasteiger partial charge is 0.388 e. The molecular weight excluding hydrogens is 310 g/mol. The van der Waals surface area contributed by atoms with Crippen molar-refractivity contribution in [2.75, 3.05) is 0 Å². The van der Waals surface area contributed by atoms with Crippen LogP contribution in [-0.4, -0.2) is 5.11 Å². The maximum atomic E-state index is 13.7. The van der Waals surface area contributed by atoms with E-state index in [1.807, 2.05) is 0 Å². The molecular formula is C14H10Cl3FO. The van der Waals surface area contributed by atoms with Gasteiger partial charge in [0, 0.05) is 17.0 Å². The van der Waals surface area contributed by atoms with E-state index < -0.39 is 11.9 Å². The van der Waals surface area contributed by atoms with Gasteiger partial charge in [-0.05, 0) is 23.8 Å². The summed E-state index contributed by atoms with van der Waals surface area (Å²) >= 11 is 17.8. The molecule has 0 spiro atoms. The normalized spacial score (nSPS) is 12.5. The summed E-state index contributed by atoms with van der Waals surface area (Å²) in [4.78, 5) is 0. The number of halogens is 4. The van der Waals surface area contributed by atoms with Gasteiger partial charge in [-0.25, -0.2) is 4.39 Å². The van der Waals surface area contributed by atoms with Crippen LogP contribution in [0.2, 0.25) is 15.1 Å². The average molecular weight is 320 g/mol. The monoisotopic (exact) mass is 318 g/mol. The van der Waals surface area contributed by atoms with Gasteiger partial charge < -0.3 is 5.11 Å². The molecule has 0 saturated heterocycles. The minimum absolute atomic E-state index is 0.0696. The van der Waals surface area contributed by atoms with Crippen LogP contribution in [0.5, 0.6) is 0 Å². The van der Waals surface area contributed by atoms with E-state index in [0.29, 0.717) is 15.6 Å². The zero-order chi connectivity index (χ0) is 14.0. The van der Waals surface area contributed by atoms with Crippen molar-refractivity contribution in [3.63, 3.8) is 0 Å². The molecule has 2 rings (SSSR count). The van der Waals surface area contributed by atoms with E-state index in [9.17, 15) is 9.50 Å². The summed E-state index contributed by atoms with van der Waals surface area (Å²) in [5.74, 6) is -0.543. The van der Waals surface area contributed by atoms with Gasteiger partial charge in [-0.2, -0.15) is 0 Å². The van der Waals surface area contributed by atoms with Gasteiger partial charge in [-0.3, -0.25) is 0 Å². The Morgan fingerprint density at radius 3 is 2.32 bits per heavy atom. The van der Waals surface area contributed by atoms with Crippen molar-refractivity contribution in [2.24, 2.45) is 0 Å². The minimum atomic E-state index is -1.08. The maximum absolute atomic E-state index is 13.7. The van der Waals surface area contributed by atoms with Gasteiger partial charge in [0.05, 0.1) is 16.1 Å². The minimum Gasteiger partial charge on any atom is -0.388 e. The number of aliphatic hydroxyl groups is 1. The highest BCUT2D eigenvalue weighted by Gasteiger charge is 2.18. The first-order valence-corrected chi connectivity index (χ1v) is 6.69. The second-order valence-corrected chi connectivity index (χ2v) is 5.26. The van der Waals surface area contributed by atoms with Crippen molar-refractivity contribution in [3.8, 4) is 0 Å². The molecule has 100 valence electrons. The Balaban J connectivity index is 2.31. The molecule has 19 heavy (non-hydrogen) atoms. The van der Waals surface area contributed by atoms with E-state index in [2.05, 4.69) is 0 Å². The standard InChI is InChI=1S/C14H10Cl3FO/c15-9-4-2-6-11(18)13(9)12(19)7-8-3-1-5-10(16)14(8)17/h1-6,12,19H,7H2. The first-order chi connectivity index (χ1) is 9.00. The third-order valence-corrected chi connectivity index (χ3v) is 3.97. The molecule has 0 amide bonds. The van der Waals surface area contributed by atoms with E-state index in [-0.39, 0.29) is 17.0 Å². The van der Waals surface area contributed by atoms with E-state index in [1.165, 1.54) is 18.2 Å². The summed E-state index contributed by atoms with van der Waals surface area (Å²) in [6.07, 6.45) is -0.940. The Kier molecular flexibility index (Phi) is 4.69. The summed E-state index contributed by atoms with van der Waals surface area (Å²) < 4.78 is 13.7. The summed E-state index contributed by atoms with van der Waals surface area (Å²) in [5.41, 5.74) is 0.709. The van der Waals surface area contributed by atoms with Crippen LogP contribution in [0.4, 0.5) is 4.39 Å². The molecule has 0 aliphatic heterocycles. The molecule has 1 N–H and O–H groups in total. The fraction of sp³-hybridized carbons (Fsp3) is 0.143. The van der Waals surface area contributed by atoms with Gasteiger partial charge in [0.2, 0.25) is 0 Å². The lowest BCUT2D eigenvalue weighted by molar-refractivity contribution is 0.174. The summed E-state index contributed by atoms with van der Waals surface area (Å²) in [6, 6.07) is 9.37. The molecule has 1 unspecified atom stereocenters. The molecule has 2 aromatic carbocycles. The highest BCUT2D eigenvalue weighted by Crippen LogP contribution is 2.32. The molecule has 0 heterocycles. The Hall–Kier alpha value is -0.800. The number of hydrogen-bond donors (Lipinski definition) is 1. The molecule has 0 aromatic heterocycles. The van der Waals surface area contributed by atoms with Crippen LogP contribution in [0.1, 0.15) is 17.2 Å². The van der Waals surface area contributed by atoms with E-state index in [1.54, 1.807) is 18.2 Å². The molecule has 1 atom stereocenters. The molecule has 5 heteroatoms. The fourth-order valence-corrected chi connectivity index (χ4v) is 2.53. The zero-order valence-corrected chi connectivity index (χ0v) is 12.0. The highest BCUT2D eigenvalue weighted by atomic mass is 35.5. The van der Waals surface area contributed by atoms with Gasteiger partial charge in [-0.1, -0.05) is 53.0 Å². The molecule has 0 aliphatic rings. The molecule has 0 fully saturated rings. The van der Waals surface area contributed by atoms with Crippen molar-refractivity contribution in [3.05, 3.63) is 68.4 Å². The number of hydrogen-bond acceptors (Lipinski definition) is 1. The third kappa shape index (κ3) is 3.21. The third-order valence-electron chi connectivity index (χ3n) is 2.78. The van der Waals surface area contributed by atoms with E-state index in [0.717, 1.165) is 0 Å². The molecule has 2 aromatic rings. The maximum Gasteiger partial charge on any atom is 0.130 e. The van der Waals surface area contributed by atoms with Crippen molar-refractivity contribution in [2.45, 2.75) is 12.5 Å². The smallest absolute Gasteiger partial charge is 0.130 e. The van der Waals surface area contributed by atoms with Gasteiger partial charge >= 0.3 is 0 Å². The van der Waals surface area contributed by atoms with Crippen LogP contribution in [0, 0.1) is 5.82 Å². The second-order valence-electron chi connectivity index (χ2n) is 4.07. The van der Waals surface area contributed by atoms with Gasteiger partial charge in [0.25, 0.3) is 0 Å². The SMILES string of the molecule is OC(Cc1cccc(Cl)c1Cl)c1c(F)cccc1Cl. The second kappa shape index (κ2) is 6.10. The molecule has 0 aliphatic carbocycles. The topological polar surface area (TPSA) is 20.2 Å². The van der Waals surface area contributed by atoms with Crippen molar-refractivity contribution in [1.29, 1.82) is 0 Å². The summed E-state index contributed by atoms with van der Waals surface area (Å²) in [7, 11) is 0. The van der Waals surface area contributed by atoms with Gasteiger partial charge in [0.1, 0.15) is 5.82 Å². The van der Waals surface area contributed by atoms with Crippen LogP contribution in [0.15, 0.2) is 36.4 Å². The van der Waals surface area contributed by atoms with Crippen LogP contribution in [0.25, 0.3) is 0 Å². The number of benzene rings is 2. The molecule has 0 radical (unpaired) electrons. The lowest BCUT2D eigenvalue weighted by Gasteiger charge is -2.15. The van der Waals surface area contributed by atoms with Crippen LogP contribution >= 0.6 is 34.8 Å². The molecule has 0 bridgehead atoms. The first kappa shape index (κ1) is 14.6. The van der Waals surface area contributed by atoms with E-state index >= 15 is 0 Å². The summed E-state index contributed by atoms with van der Waals surface area (Å²) in [5, 5.41) is 11.1. The van der Waals surface area contributed by atoms with E-state index in [4.69, 9.17) is 34.8 Å². The van der Waals surface area contributed by atoms with Crippen LogP contribution < -0.4 is 0 Å². The highest BCUT2D eigenvalue weighted by molar-refractivity contribution is 6.42. The van der Waals surface area contributed by atoms with Gasteiger partial charge in [0.15, 0.2) is 0 Å². The lowest BCUT2D eigenvalue weighted by atomic mass is 10.0. The Labute approximate surface area is 125 Å². The van der Waals surface area contributed by atoms with Crippen LogP contribution in [-0.2, 0) is 6.42 Å². The van der Waals surface area contributed by atoms with Crippen molar-refractivity contribution < 1.29 is 9.50 Å². The average Bonchev–Trinajstić information content (AvgIpc) is 2.35. The number of rotatable bonds is 3. The Morgan fingerprint density at radius 2 is 1.63 bits per heavy atom. The first-order valence-electron chi connectivity index (χ1n) is 5.55. The van der Waals surface area contributed by atoms with Crippen molar-refractivity contribution in [1.82, 2.24) is 0 Å². The quantitative estimate of drug-likeness (QED) is 0.838. The summed E-state index contributed by atoms with van der Waals surface area (Å²) in [6.45, 7) is 0. The predicted molar refractivity (Wildman–Crippen MR) is 76.5 cm³/mol. The Bertz CT molecular complexity index is 581. The van der Waals surface area contributed by atoms with Gasteiger partial charge in [-0.15, -0.1) is 0 Å². The lowest BCUT2D eigenvalue weighted by Crippen LogP contribution is -2.05.